The van der Waals surface area contributed by atoms with Gasteiger partial charge in [0.2, 0.25) is 0 Å². The minimum atomic E-state index is 0.839. The molecule has 1 aliphatic heterocycles. The SMILES string of the molecule is c1ccc2c(c1)Sc1ccc(-c3ccc(-c4cccc5oc6cc7ccccc7cc6c45)o3)c3cccc-2c13. The monoisotopic (exact) mass is 516 g/mol. The second-order valence-electron chi connectivity index (χ2n) is 10.1. The zero-order valence-corrected chi connectivity index (χ0v) is 21.6. The van der Waals surface area contributed by atoms with Gasteiger partial charge in [-0.2, -0.15) is 0 Å². The topological polar surface area (TPSA) is 26.3 Å². The van der Waals surface area contributed by atoms with E-state index in [1.807, 2.05) is 23.9 Å². The van der Waals surface area contributed by atoms with Crippen LogP contribution in [0.2, 0.25) is 0 Å². The van der Waals surface area contributed by atoms with E-state index < -0.39 is 0 Å². The first-order chi connectivity index (χ1) is 19.3. The van der Waals surface area contributed by atoms with E-state index in [2.05, 4.69) is 109 Å². The third-order valence-electron chi connectivity index (χ3n) is 7.90. The summed E-state index contributed by atoms with van der Waals surface area (Å²) in [6.45, 7) is 0. The van der Waals surface area contributed by atoms with Gasteiger partial charge in [0.25, 0.3) is 0 Å². The van der Waals surface area contributed by atoms with Gasteiger partial charge >= 0.3 is 0 Å². The normalized spacial score (nSPS) is 12.5. The maximum atomic E-state index is 6.63. The summed E-state index contributed by atoms with van der Waals surface area (Å²) in [7, 11) is 0. The molecule has 0 unspecified atom stereocenters. The molecule has 8 aromatic rings. The van der Waals surface area contributed by atoms with Gasteiger partial charge in [0, 0.05) is 37.1 Å². The fraction of sp³-hybridized carbons (Fsp3) is 0. The molecule has 0 amide bonds. The zero-order chi connectivity index (χ0) is 25.5. The van der Waals surface area contributed by atoms with Crippen LogP contribution in [0.5, 0.6) is 0 Å². The highest BCUT2D eigenvalue weighted by atomic mass is 32.2. The Morgan fingerprint density at radius 3 is 2.08 bits per heavy atom. The van der Waals surface area contributed by atoms with Gasteiger partial charge in [-0.3, -0.25) is 0 Å². The maximum Gasteiger partial charge on any atom is 0.136 e. The van der Waals surface area contributed by atoms with E-state index in [9.17, 15) is 0 Å². The van der Waals surface area contributed by atoms with Crippen LogP contribution in [0.3, 0.4) is 0 Å². The van der Waals surface area contributed by atoms with Gasteiger partial charge in [0.05, 0.1) is 0 Å². The Morgan fingerprint density at radius 2 is 1.15 bits per heavy atom. The van der Waals surface area contributed by atoms with Crippen LogP contribution in [0.1, 0.15) is 0 Å². The van der Waals surface area contributed by atoms with Crippen molar-refractivity contribution in [2.45, 2.75) is 9.79 Å². The van der Waals surface area contributed by atoms with E-state index >= 15 is 0 Å². The minimum Gasteiger partial charge on any atom is -0.456 e. The summed E-state index contributed by atoms with van der Waals surface area (Å²) in [5.74, 6) is 1.71. The average Bonchev–Trinajstić information content (AvgIpc) is 3.61. The smallest absolute Gasteiger partial charge is 0.136 e. The Hall–Kier alpha value is -4.73. The second kappa shape index (κ2) is 7.89. The molecule has 0 saturated carbocycles. The van der Waals surface area contributed by atoms with Crippen molar-refractivity contribution in [2.24, 2.45) is 0 Å². The summed E-state index contributed by atoms with van der Waals surface area (Å²) < 4.78 is 12.9. The molecule has 1 aliphatic rings. The molecule has 9 rings (SSSR count). The van der Waals surface area contributed by atoms with Gasteiger partial charge in [0.1, 0.15) is 22.7 Å². The van der Waals surface area contributed by atoms with Crippen molar-refractivity contribution >= 4 is 55.2 Å². The molecule has 0 N–H and O–H groups in total. The molecule has 3 heteroatoms. The lowest BCUT2D eigenvalue weighted by molar-refractivity contribution is 0.598. The van der Waals surface area contributed by atoms with E-state index in [0.717, 1.165) is 44.6 Å². The van der Waals surface area contributed by atoms with Crippen molar-refractivity contribution in [3.05, 3.63) is 121 Å². The highest BCUT2D eigenvalue weighted by Crippen LogP contribution is 2.50. The molecule has 0 fully saturated rings. The Bertz CT molecular complexity index is 2270. The third-order valence-corrected chi connectivity index (χ3v) is 9.04. The summed E-state index contributed by atoms with van der Waals surface area (Å²) in [6, 6.07) is 42.9. The molecule has 0 spiro atoms. The molecule has 39 heavy (non-hydrogen) atoms. The molecule has 0 radical (unpaired) electrons. The molecule has 3 heterocycles. The van der Waals surface area contributed by atoms with Gasteiger partial charge < -0.3 is 8.83 Å². The van der Waals surface area contributed by atoms with Gasteiger partial charge in [0.15, 0.2) is 0 Å². The molecule has 2 aromatic heterocycles. The van der Waals surface area contributed by atoms with Crippen LogP contribution in [0.15, 0.2) is 140 Å². The van der Waals surface area contributed by atoms with Gasteiger partial charge in [-0.05, 0) is 75.8 Å². The van der Waals surface area contributed by atoms with Crippen LogP contribution in [0.4, 0.5) is 0 Å². The number of hydrogen-bond donors (Lipinski definition) is 0. The van der Waals surface area contributed by atoms with E-state index in [1.165, 1.54) is 42.5 Å². The Balaban J connectivity index is 1.23. The van der Waals surface area contributed by atoms with E-state index in [4.69, 9.17) is 8.83 Å². The number of hydrogen-bond acceptors (Lipinski definition) is 3. The van der Waals surface area contributed by atoms with E-state index in [-0.39, 0.29) is 0 Å². The summed E-state index contributed by atoms with van der Waals surface area (Å²) >= 11 is 1.84. The molecular weight excluding hydrogens is 496 g/mol. The number of benzene rings is 6. The molecule has 0 saturated heterocycles. The quantitative estimate of drug-likeness (QED) is 0.229. The molecule has 0 bridgehead atoms. The number of furan rings is 2. The van der Waals surface area contributed by atoms with Gasteiger partial charge in [-0.25, -0.2) is 0 Å². The van der Waals surface area contributed by atoms with Gasteiger partial charge in [-0.15, -0.1) is 0 Å². The first-order valence-corrected chi connectivity index (χ1v) is 13.9. The van der Waals surface area contributed by atoms with Crippen LogP contribution in [0, 0.1) is 0 Å². The molecule has 0 aliphatic carbocycles. The summed E-state index contributed by atoms with van der Waals surface area (Å²) in [5, 5.41) is 7.08. The van der Waals surface area contributed by atoms with E-state index in [0.29, 0.717) is 0 Å². The molecule has 0 atom stereocenters. The summed E-state index contributed by atoms with van der Waals surface area (Å²) in [5.41, 5.74) is 6.49. The highest BCUT2D eigenvalue weighted by Gasteiger charge is 2.22. The Labute approximate surface area is 228 Å². The average molecular weight is 517 g/mol. The maximum absolute atomic E-state index is 6.63. The van der Waals surface area contributed by atoms with Crippen molar-refractivity contribution in [1.82, 2.24) is 0 Å². The molecule has 182 valence electrons. The molecule has 6 aromatic carbocycles. The van der Waals surface area contributed by atoms with Crippen molar-refractivity contribution in [1.29, 1.82) is 0 Å². The molecule has 2 nitrogen and oxygen atoms in total. The minimum absolute atomic E-state index is 0.839. The Kier molecular flexibility index (Phi) is 4.29. The van der Waals surface area contributed by atoms with E-state index in [1.54, 1.807) is 0 Å². The third kappa shape index (κ3) is 3.05. The lowest BCUT2D eigenvalue weighted by Gasteiger charge is -2.21. The standard InChI is InChI=1S/C36H20O2S/c1-2-8-22-20-32-28(19-21(22)7-1)35-27(12-6-13-31(35)38-32)30-17-16-29(37-30)23-15-18-34-36-25(23)10-5-11-26(36)24-9-3-4-14-33(24)39-34/h1-20H. The predicted octanol–water partition coefficient (Wildman–Crippen LogP) is 11.0. The van der Waals surface area contributed by atoms with Crippen LogP contribution in [0.25, 0.3) is 77.3 Å². The zero-order valence-electron chi connectivity index (χ0n) is 20.8. The lowest BCUT2D eigenvalue weighted by Crippen LogP contribution is -1.93. The first-order valence-electron chi connectivity index (χ1n) is 13.1. The molecular formula is C36H20O2S. The Morgan fingerprint density at radius 1 is 0.410 bits per heavy atom. The first kappa shape index (κ1) is 21.2. The summed E-state index contributed by atoms with van der Waals surface area (Å²) in [4.78, 5) is 2.59. The number of fused-ring (bicyclic) bond motifs is 6. The largest absolute Gasteiger partial charge is 0.456 e. The van der Waals surface area contributed by atoms with Crippen LogP contribution in [-0.2, 0) is 0 Å². The van der Waals surface area contributed by atoms with Crippen LogP contribution in [-0.4, -0.2) is 0 Å². The van der Waals surface area contributed by atoms with Crippen molar-refractivity contribution in [3.8, 4) is 33.8 Å². The van der Waals surface area contributed by atoms with Gasteiger partial charge in [-0.1, -0.05) is 84.6 Å². The fourth-order valence-corrected chi connectivity index (χ4v) is 7.27. The highest BCUT2D eigenvalue weighted by molar-refractivity contribution is 7.99. The van der Waals surface area contributed by atoms with Crippen LogP contribution < -0.4 is 0 Å². The van der Waals surface area contributed by atoms with Crippen LogP contribution >= 0.6 is 11.8 Å². The number of rotatable bonds is 2. The summed E-state index contributed by atoms with van der Waals surface area (Å²) in [6.07, 6.45) is 0. The fourth-order valence-electron chi connectivity index (χ4n) is 6.14. The van der Waals surface area contributed by atoms with Crippen molar-refractivity contribution in [2.75, 3.05) is 0 Å². The predicted molar refractivity (Wildman–Crippen MR) is 161 cm³/mol. The lowest BCUT2D eigenvalue weighted by atomic mass is 9.94. The van der Waals surface area contributed by atoms with Crippen molar-refractivity contribution in [3.63, 3.8) is 0 Å². The van der Waals surface area contributed by atoms with Crippen molar-refractivity contribution < 1.29 is 8.83 Å². The second-order valence-corrected chi connectivity index (χ2v) is 11.2.